The van der Waals surface area contributed by atoms with E-state index in [0.717, 1.165) is 32.8 Å². The van der Waals surface area contributed by atoms with Crippen molar-refractivity contribution < 1.29 is 4.74 Å². The lowest BCUT2D eigenvalue weighted by molar-refractivity contribution is -0.0166. The molecular weight excluding hydrogens is 260 g/mol. The zero-order valence-corrected chi connectivity index (χ0v) is 13.7. The van der Waals surface area contributed by atoms with Gasteiger partial charge in [0, 0.05) is 25.2 Å². The molecule has 1 heterocycles. The summed E-state index contributed by atoms with van der Waals surface area (Å²) in [6.07, 6.45) is 1.17. The molecule has 0 aromatic heterocycles. The Labute approximate surface area is 129 Å². The molecule has 0 spiro atoms. The van der Waals surface area contributed by atoms with Crippen LogP contribution in [0.1, 0.15) is 38.8 Å². The van der Waals surface area contributed by atoms with Gasteiger partial charge in [-0.1, -0.05) is 51.1 Å². The average molecular weight is 290 g/mol. The van der Waals surface area contributed by atoms with Crippen LogP contribution < -0.4 is 5.32 Å². The van der Waals surface area contributed by atoms with Gasteiger partial charge < -0.3 is 10.1 Å². The van der Waals surface area contributed by atoms with Crippen LogP contribution in [0, 0.1) is 5.92 Å². The summed E-state index contributed by atoms with van der Waals surface area (Å²) in [7, 11) is 0. The molecule has 1 saturated heterocycles. The lowest BCUT2D eigenvalue weighted by atomic mass is 9.93. The van der Waals surface area contributed by atoms with Gasteiger partial charge in [-0.05, 0) is 24.4 Å². The number of hydrogen-bond acceptors (Lipinski definition) is 3. The van der Waals surface area contributed by atoms with E-state index < -0.39 is 0 Å². The highest BCUT2D eigenvalue weighted by Gasteiger charge is 2.26. The first-order valence-corrected chi connectivity index (χ1v) is 8.36. The third-order valence-corrected chi connectivity index (χ3v) is 4.49. The predicted molar refractivity (Wildman–Crippen MR) is 88.5 cm³/mol. The van der Waals surface area contributed by atoms with Crippen molar-refractivity contribution in [1.82, 2.24) is 10.2 Å². The number of rotatable bonds is 7. The standard InChI is InChI=1S/C18H30N2O/c1-4-17-14-21-12-11-20(17)13-15(3)18(19-5-2)16-9-7-6-8-10-16/h6-10,15,17-19H,4-5,11-14H2,1-3H3. The molecule has 0 saturated carbocycles. The maximum absolute atomic E-state index is 5.62. The van der Waals surface area contributed by atoms with E-state index in [2.05, 4.69) is 61.3 Å². The topological polar surface area (TPSA) is 24.5 Å². The van der Waals surface area contributed by atoms with Crippen LogP contribution >= 0.6 is 0 Å². The van der Waals surface area contributed by atoms with Crippen LogP contribution in [-0.4, -0.2) is 43.8 Å². The van der Waals surface area contributed by atoms with Crippen LogP contribution in [0.25, 0.3) is 0 Å². The summed E-state index contributed by atoms with van der Waals surface area (Å²) in [5.74, 6) is 0.583. The molecule has 21 heavy (non-hydrogen) atoms. The summed E-state index contributed by atoms with van der Waals surface area (Å²) in [5.41, 5.74) is 1.40. The summed E-state index contributed by atoms with van der Waals surface area (Å²) in [6, 6.07) is 11.8. The Bertz CT molecular complexity index is 395. The Hall–Kier alpha value is -0.900. The maximum atomic E-state index is 5.62. The number of ether oxygens (including phenoxy) is 1. The van der Waals surface area contributed by atoms with Gasteiger partial charge in [0.15, 0.2) is 0 Å². The molecule has 2 rings (SSSR count). The Kier molecular flexibility index (Phi) is 6.68. The normalized spacial score (nSPS) is 22.9. The minimum atomic E-state index is 0.427. The molecule has 1 N–H and O–H groups in total. The van der Waals surface area contributed by atoms with Crippen molar-refractivity contribution in [1.29, 1.82) is 0 Å². The fraction of sp³-hybridized carbons (Fsp3) is 0.667. The monoisotopic (exact) mass is 290 g/mol. The zero-order valence-electron chi connectivity index (χ0n) is 13.7. The first-order valence-electron chi connectivity index (χ1n) is 8.36. The largest absolute Gasteiger partial charge is 0.378 e. The summed E-state index contributed by atoms with van der Waals surface area (Å²) < 4.78 is 5.62. The number of hydrogen-bond donors (Lipinski definition) is 1. The smallest absolute Gasteiger partial charge is 0.0622 e. The summed E-state index contributed by atoms with van der Waals surface area (Å²) in [6.45, 7) is 11.8. The van der Waals surface area contributed by atoms with Gasteiger partial charge in [-0.2, -0.15) is 0 Å². The van der Waals surface area contributed by atoms with Crippen molar-refractivity contribution in [3.8, 4) is 0 Å². The second kappa shape index (κ2) is 8.52. The first kappa shape index (κ1) is 16.5. The fourth-order valence-electron chi connectivity index (χ4n) is 3.31. The van der Waals surface area contributed by atoms with Crippen molar-refractivity contribution in [3.63, 3.8) is 0 Å². The zero-order chi connectivity index (χ0) is 15.1. The van der Waals surface area contributed by atoms with Gasteiger partial charge in [0.05, 0.1) is 13.2 Å². The molecule has 1 aromatic carbocycles. The van der Waals surface area contributed by atoms with E-state index in [1.807, 2.05) is 0 Å². The van der Waals surface area contributed by atoms with E-state index in [1.165, 1.54) is 12.0 Å². The molecule has 1 aromatic rings. The lowest BCUT2D eigenvalue weighted by Crippen LogP contribution is -2.48. The SMILES string of the molecule is CCNC(c1ccccc1)C(C)CN1CCOCC1CC. The molecular formula is C18H30N2O. The number of nitrogens with zero attached hydrogens (tertiary/aromatic N) is 1. The number of nitrogens with one attached hydrogen (secondary N) is 1. The van der Waals surface area contributed by atoms with Gasteiger partial charge in [-0.15, -0.1) is 0 Å². The van der Waals surface area contributed by atoms with Gasteiger partial charge >= 0.3 is 0 Å². The van der Waals surface area contributed by atoms with Crippen LogP contribution in [0.15, 0.2) is 30.3 Å². The molecule has 3 heteroatoms. The Morgan fingerprint density at radius 2 is 2.05 bits per heavy atom. The van der Waals surface area contributed by atoms with Crippen LogP contribution in [-0.2, 0) is 4.74 Å². The fourth-order valence-corrected chi connectivity index (χ4v) is 3.31. The second-order valence-corrected chi connectivity index (χ2v) is 6.06. The lowest BCUT2D eigenvalue weighted by Gasteiger charge is -2.38. The second-order valence-electron chi connectivity index (χ2n) is 6.06. The van der Waals surface area contributed by atoms with E-state index in [4.69, 9.17) is 4.74 Å². The molecule has 0 bridgehead atoms. The van der Waals surface area contributed by atoms with Gasteiger partial charge in [0.2, 0.25) is 0 Å². The van der Waals surface area contributed by atoms with Gasteiger partial charge in [0.25, 0.3) is 0 Å². The van der Waals surface area contributed by atoms with Crippen LogP contribution in [0.5, 0.6) is 0 Å². The van der Waals surface area contributed by atoms with Gasteiger partial charge in [-0.25, -0.2) is 0 Å². The molecule has 118 valence electrons. The average Bonchev–Trinajstić information content (AvgIpc) is 2.53. The maximum Gasteiger partial charge on any atom is 0.0622 e. The quantitative estimate of drug-likeness (QED) is 0.835. The molecule has 1 aliphatic rings. The molecule has 0 amide bonds. The van der Waals surface area contributed by atoms with Crippen LogP contribution in [0.3, 0.4) is 0 Å². The van der Waals surface area contributed by atoms with Crippen molar-refractivity contribution >= 4 is 0 Å². The molecule has 1 aliphatic heterocycles. The minimum Gasteiger partial charge on any atom is -0.378 e. The van der Waals surface area contributed by atoms with Crippen molar-refractivity contribution in [2.45, 2.75) is 39.3 Å². The van der Waals surface area contributed by atoms with E-state index in [1.54, 1.807) is 0 Å². The third kappa shape index (κ3) is 4.53. The summed E-state index contributed by atoms with van der Waals surface area (Å²) in [4.78, 5) is 2.61. The van der Waals surface area contributed by atoms with Crippen molar-refractivity contribution in [3.05, 3.63) is 35.9 Å². The molecule has 3 nitrogen and oxygen atoms in total. The number of benzene rings is 1. The van der Waals surface area contributed by atoms with E-state index >= 15 is 0 Å². The van der Waals surface area contributed by atoms with Crippen LogP contribution in [0.4, 0.5) is 0 Å². The molecule has 3 atom stereocenters. The van der Waals surface area contributed by atoms with Gasteiger partial charge in [0.1, 0.15) is 0 Å². The summed E-state index contributed by atoms with van der Waals surface area (Å²) >= 11 is 0. The number of morpholine rings is 1. The molecule has 1 fully saturated rings. The summed E-state index contributed by atoms with van der Waals surface area (Å²) in [5, 5.41) is 3.66. The Morgan fingerprint density at radius 3 is 2.71 bits per heavy atom. The van der Waals surface area contributed by atoms with E-state index in [-0.39, 0.29) is 0 Å². The third-order valence-electron chi connectivity index (χ3n) is 4.49. The molecule has 3 unspecified atom stereocenters. The highest BCUT2D eigenvalue weighted by molar-refractivity contribution is 5.19. The Morgan fingerprint density at radius 1 is 1.29 bits per heavy atom. The van der Waals surface area contributed by atoms with E-state index in [9.17, 15) is 0 Å². The minimum absolute atomic E-state index is 0.427. The van der Waals surface area contributed by atoms with Crippen LogP contribution in [0.2, 0.25) is 0 Å². The molecule has 0 radical (unpaired) electrons. The highest BCUT2D eigenvalue weighted by atomic mass is 16.5. The van der Waals surface area contributed by atoms with Crippen molar-refractivity contribution in [2.24, 2.45) is 5.92 Å². The molecule has 0 aliphatic carbocycles. The van der Waals surface area contributed by atoms with Crippen molar-refractivity contribution in [2.75, 3.05) is 32.8 Å². The highest BCUT2D eigenvalue weighted by Crippen LogP contribution is 2.24. The predicted octanol–water partition coefficient (Wildman–Crippen LogP) is 3.08. The van der Waals surface area contributed by atoms with E-state index in [0.29, 0.717) is 18.0 Å². The van der Waals surface area contributed by atoms with Gasteiger partial charge in [-0.3, -0.25) is 4.90 Å². The first-order chi connectivity index (χ1) is 10.3. The Balaban J connectivity index is 2.02.